The predicted molar refractivity (Wildman–Crippen MR) is 158 cm³/mol. The van der Waals surface area contributed by atoms with Crippen molar-refractivity contribution in [3.63, 3.8) is 0 Å². The molecule has 6 aromatic rings. The molecule has 0 saturated heterocycles. The van der Waals surface area contributed by atoms with E-state index in [9.17, 15) is 4.79 Å². The second kappa shape index (κ2) is 10.1. The highest BCUT2D eigenvalue weighted by Gasteiger charge is 2.18. The van der Waals surface area contributed by atoms with Gasteiger partial charge in [-0.15, -0.1) is 11.3 Å². The zero-order chi connectivity index (χ0) is 26.2. The number of aromatic nitrogens is 5. The van der Waals surface area contributed by atoms with Crippen molar-refractivity contribution < 1.29 is 4.79 Å². The van der Waals surface area contributed by atoms with Crippen LogP contribution in [0.1, 0.15) is 38.5 Å². The summed E-state index contributed by atoms with van der Waals surface area (Å²) in [6, 6.07) is 18.6. The van der Waals surface area contributed by atoms with Crippen molar-refractivity contribution in [3.8, 4) is 33.1 Å². The number of carbonyl (C=O) groups excluding carboxylic acids is 1. The van der Waals surface area contributed by atoms with Crippen LogP contribution in [0.15, 0.2) is 72.4 Å². The molecule has 194 valence electrons. The maximum absolute atomic E-state index is 12.7. The van der Waals surface area contributed by atoms with Crippen molar-refractivity contribution in [2.45, 2.75) is 38.5 Å². The van der Waals surface area contributed by atoms with Gasteiger partial charge in [0.2, 0.25) is 5.91 Å². The Kier molecular flexibility index (Phi) is 6.17. The molecule has 0 spiro atoms. The van der Waals surface area contributed by atoms with Gasteiger partial charge in [-0.25, -0.2) is 4.98 Å². The van der Waals surface area contributed by atoms with Crippen molar-refractivity contribution >= 4 is 44.9 Å². The molecule has 5 heterocycles. The zero-order valence-corrected chi connectivity index (χ0v) is 22.2. The van der Waals surface area contributed by atoms with Crippen molar-refractivity contribution in [3.05, 3.63) is 72.4 Å². The van der Waals surface area contributed by atoms with Crippen LogP contribution in [0.3, 0.4) is 0 Å². The molecule has 1 fully saturated rings. The normalized spacial score (nSPS) is 14.3. The lowest BCUT2D eigenvalue weighted by molar-refractivity contribution is -0.117. The van der Waals surface area contributed by atoms with Crippen LogP contribution >= 0.6 is 11.3 Å². The molecule has 1 aliphatic rings. The summed E-state index contributed by atoms with van der Waals surface area (Å²) in [7, 11) is 0. The van der Waals surface area contributed by atoms with E-state index in [-0.39, 0.29) is 5.91 Å². The minimum absolute atomic E-state index is 0.0575. The van der Waals surface area contributed by atoms with Gasteiger partial charge in [0, 0.05) is 39.5 Å². The van der Waals surface area contributed by atoms with E-state index in [1.54, 1.807) is 23.7 Å². The molecule has 0 aliphatic heterocycles. The minimum atomic E-state index is 0.0575. The van der Waals surface area contributed by atoms with Gasteiger partial charge in [-0.1, -0.05) is 37.5 Å². The average Bonchev–Trinajstić information content (AvgIpc) is 3.73. The summed E-state index contributed by atoms with van der Waals surface area (Å²) < 4.78 is 0. The molecule has 1 amide bonds. The summed E-state index contributed by atoms with van der Waals surface area (Å²) in [6.07, 6.45) is 10.1. The number of aromatic amines is 2. The maximum Gasteiger partial charge on any atom is 0.224 e. The van der Waals surface area contributed by atoms with Gasteiger partial charge < -0.3 is 10.3 Å². The molecule has 1 aromatic carbocycles. The third-order valence-electron chi connectivity index (χ3n) is 7.63. The molecular formula is C31H28N6OS. The fraction of sp³-hybridized carbons (Fsp3) is 0.226. The quantitative estimate of drug-likeness (QED) is 0.204. The van der Waals surface area contributed by atoms with Gasteiger partial charge in [-0.2, -0.15) is 5.10 Å². The van der Waals surface area contributed by atoms with Crippen molar-refractivity contribution in [2.24, 2.45) is 5.92 Å². The highest BCUT2D eigenvalue weighted by Crippen LogP contribution is 2.36. The summed E-state index contributed by atoms with van der Waals surface area (Å²) >= 11 is 1.73. The van der Waals surface area contributed by atoms with Gasteiger partial charge in [0.1, 0.15) is 11.2 Å². The lowest BCUT2D eigenvalue weighted by atomic mass is 9.87. The van der Waals surface area contributed by atoms with Gasteiger partial charge in [-0.3, -0.25) is 14.9 Å². The van der Waals surface area contributed by atoms with Crippen molar-refractivity contribution in [2.75, 3.05) is 5.32 Å². The topological polar surface area (TPSA) is 99.4 Å². The average molecular weight is 533 g/mol. The number of carbonyl (C=O) groups is 1. The summed E-state index contributed by atoms with van der Waals surface area (Å²) in [5, 5.41) is 14.0. The van der Waals surface area contributed by atoms with E-state index >= 15 is 0 Å². The summed E-state index contributed by atoms with van der Waals surface area (Å²) in [5.74, 6) is 0.548. The van der Waals surface area contributed by atoms with Crippen LogP contribution in [-0.4, -0.2) is 31.1 Å². The van der Waals surface area contributed by atoms with Crippen molar-refractivity contribution in [1.82, 2.24) is 25.1 Å². The molecule has 39 heavy (non-hydrogen) atoms. The monoisotopic (exact) mass is 532 g/mol. The number of amides is 1. The number of H-pyrrole nitrogens is 2. The van der Waals surface area contributed by atoms with E-state index in [1.807, 2.05) is 18.2 Å². The molecule has 0 unspecified atom stereocenters. The number of pyridine rings is 2. The van der Waals surface area contributed by atoms with Crippen LogP contribution in [0, 0.1) is 5.92 Å². The first kappa shape index (κ1) is 23.8. The Labute approximate surface area is 229 Å². The number of thiophene rings is 1. The molecule has 5 aromatic heterocycles. The molecule has 7 rings (SSSR count). The first-order valence-corrected chi connectivity index (χ1v) is 14.4. The molecule has 3 N–H and O–H groups in total. The van der Waals surface area contributed by atoms with Crippen molar-refractivity contribution in [1.29, 1.82) is 0 Å². The Balaban J connectivity index is 1.19. The van der Waals surface area contributed by atoms with Gasteiger partial charge in [-0.05, 0) is 60.5 Å². The molecular weight excluding hydrogens is 504 g/mol. The van der Waals surface area contributed by atoms with E-state index in [2.05, 4.69) is 67.3 Å². The maximum atomic E-state index is 12.7. The Bertz CT molecular complexity index is 1780. The van der Waals surface area contributed by atoms with Crippen LogP contribution in [0.25, 0.3) is 55.0 Å². The third-order valence-corrected chi connectivity index (χ3v) is 8.53. The highest BCUT2D eigenvalue weighted by atomic mass is 32.1. The molecule has 0 atom stereocenters. The Morgan fingerprint density at radius 2 is 1.92 bits per heavy atom. The smallest absolute Gasteiger partial charge is 0.224 e. The Morgan fingerprint density at radius 1 is 1.00 bits per heavy atom. The third kappa shape index (κ3) is 4.72. The first-order valence-electron chi connectivity index (χ1n) is 13.5. The number of nitrogens with one attached hydrogen (secondary N) is 3. The van der Waals surface area contributed by atoms with Crippen LogP contribution in [-0.2, 0) is 4.79 Å². The number of anilines is 1. The summed E-state index contributed by atoms with van der Waals surface area (Å²) in [5.41, 5.74) is 7.89. The fourth-order valence-electron chi connectivity index (χ4n) is 5.69. The SMILES string of the molecule is O=C(CC1CCCCC1)Nc1cncc(-c2ccc3[nH]nc(-c4cc5c(-c6cccs6)cccc5[nH]4)c3n2)c1. The lowest BCUT2D eigenvalue weighted by Gasteiger charge is -2.20. The van der Waals surface area contributed by atoms with E-state index in [0.29, 0.717) is 18.0 Å². The molecule has 0 radical (unpaired) electrons. The summed E-state index contributed by atoms with van der Waals surface area (Å²) in [6.45, 7) is 0. The summed E-state index contributed by atoms with van der Waals surface area (Å²) in [4.78, 5) is 26.8. The molecule has 8 heteroatoms. The molecule has 1 saturated carbocycles. The lowest BCUT2D eigenvalue weighted by Crippen LogP contribution is -2.18. The van der Waals surface area contributed by atoms with Crippen LogP contribution in [0.2, 0.25) is 0 Å². The largest absolute Gasteiger partial charge is 0.353 e. The van der Waals surface area contributed by atoms with E-state index in [4.69, 9.17) is 4.98 Å². The van der Waals surface area contributed by atoms with Crippen LogP contribution in [0.4, 0.5) is 5.69 Å². The second-order valence-corrected chi connectivity index (χ2v) is 11.3. The molecule has 7 nitrogen and oxygen atoms in total. The van der Waals surface area contributed by atoms with E-state index in [0.717, 1.165) is 57.4 Å². The number of hydrogen-bond acceptors (Lipinski definition) is 5. The fourth-order valence-corrected chi connectivity index (χ4v) is 6.46. The molecule has 1 aliphatic carbocycles. The number of hydrogen-bond donors (Lipinski definition) is 3. The van der Waals surface area contributed by atoms with Gasteiger partial charge in [0.25, 0.3) is 0 Å². The minimum Gasteiger partial charge on any atom is -0.353 e. The van der Waals surface area contributed by atoms with Gasteiger partial charge >= 0.3 is 0 Å². The highest BCUT2D eigenvalue weighted by molar-refractivity contribution is 7.13. The number of nitrogens with zero attached hydrogens (tertiary/aromatic N) is 3. The van der Waals surface area contributed by atoms with Gasteiger partial charge in [0.15, 0.2) is 0 Å². The zero-order valence-electron chi connectivity index (χ0n) is 21.4. The van der Waals surface area contributed by atoms with Crippen LogP contribution in [0.5, 0.6) is 0 Å². The number of rotatable bonds is 6. The second-order valence-electron chi connectivity index (χ2n) is 10.3. The predicted octanol–water partition coefficient (Wildman–Crippen LogP) is 7.81. The Hall–Kier alpha value is -4.30. The molecule has 0 bridgehead atoms. The Morgan fingerprint density at radius 3 is 2.79 bits per heavy atom. The van der Waals surface area contributed by atoms with Gasteiger partial charge in [0.05, 0.1) is 28.8 Å². The first-order chi connectivity index (χ1) is 19.2. The van der Waals surface area contributed by atoms with Crippen LogP contribution < -0.4 is 5.32 Å². The standard InChI is InChI=1S/C31H28N6OS/c38-29(14-19-6-2-1-3-7-19)33-21-15-20(17-32-18-21)24-11-12-26-30(35-24)31(37-36-26)27-16-23-22(28-10-5-13-39-28)8-4-9-25(23)34-27/h4-5,8-13,15-19,34H,1-3,6-7,14H2,(H,33,38)(H,36,37). The number of fused-ring (bicyclic) bond motifs is 2. The number of benzene rings is 1. The van der Waals surface area contributed by atoms with E-state index < -0.39 is 0 Å². The van der Waals surface area contributed by atoms with E-state index in [1.165, 1.54) is 29.7 Å².